The van der Waals surface area contributed by atoms with Gasteiger partial charge in [0.15, 0.2) is 18.1 Å². The number of anilines is 1. The van der Waals surface area contributed by atoms with E-state index in [0.717, 1.165) is 17.7 Å². The second-order valence-corrected chi connectivity index (χ2v) is 7.44. The number of para-hydroxylation sites is 1. The van der Waals surface area contributed by atoms with Crippen molar-refractivity contribution < 1.29 is 23.8 Å². The third-order valence-electron chi connectivity index (χ3n) is 4.72. The molecule has 1 heterocycles. The van der Waals surface area contributed by atoms with Gasteiger partial charge in [0.1, 0.15) is 0 Å². The van der Waals surface area contributed by atoms with E-state index in [4.69, 9.17) is 14.2 Å². The summed E-state index contributed by atoms with van der Waals surface area (Å²) < 4.78 is 16.4. The lowest BCUT2D eigenvalue weighted by Crippen LogP contribution is -2.38. The summed E-state index contributed by atoms with van der Waals surface area (Å²) in [6, 6.07) is 11.3. The van der Waals surface area contributed by atoms with Crippen LogP contribution in [0.2, 0.25) is 0 Å². The molecule has 0 aromatic heterocycles. The van der Waals surface area contributed by atoms with E-state index in [0.29, 0.717) is 21.5 Å². The molecular formula is C21H22BrNO5. The summed E-state index contributed by atoms with van der Waals surface area (Å²) in [5.41, 5.74) is 2.71. The molecule has 28 heavy (non-hydrogen) atoms. The van der Waals surface area contributed by atoms with Crippen LogP contribution in [-0.2, 0) is 27.2 Å². The maximum atomic E-state index is 12.6. The molecular weight excluding hydrogens is 426 g/mol. The van der Waals surface area contributed by atoms with E-state index in [9.17, 15) is 9.59 Å². The predicted octanol–water partition coefficient (Wildman–Crippen LogP) is 3.53. The Balaban J connectivity index is 1.63. The molecule has 2 aromatic rings. The second kappa shape index (κ2) is 8.65. The SMILES string of the molecule is COc1cc(Br)c(CC(=O)OCC(=O)N2c3ccccc3CC2C)cc1OC. The Bertz CT molecular complexity index is 898. The normalized spacial score (nSPS) is 15.1. The molecule has 1 aliphatic rings. The smallest absolute Gasteiger partial charge is 0.310 e. The van der Waals surface area contributed by atoms with Gasteiger partial charge in [0.2, 0.25) is 0 Å². The van der Waals surface area contributed by atoms with Crippen LogP contribution in [0.15, 0.2) is 40.9 Å². The molecule has 0 aliphatic carbocycles. The Morgan fingerprint density at radius 1 is 1.14 bits per heavy atom. The van der Waals surface area contributed by atoms with Crippen LogP contribution in [-0.4, -0.2) is 38.7 Å². The first-order valence-electron chi connectivity index (χ1n) is 8.90. The third kappa shape index (κ3) is 4.14. The van der Waals surface area contributed by atoms with Crippen molar-refractivity contribution in [1.29, 1.82) is 0 Å². The van der Waals surface area contributed by atoms with Crippen molar-refractivity contribution in [2.75, 3.05) is 25.7 Å². The van der Waals surface area contributed by atoms with Crippen LogP contribution >= 0.6 is 15.9 Å². The summed E-state index contributed by atoms with van der Waals surface area (Å²) in [7, 11) is 3.07. The second-order valence-electron chi connectivity index (χ2n) is 6.58. The monoisotopic (exact) mass is 447 g/mol. The maximum absolute atomic E-state index is 12.6. The van der Waals surface area contributed by atoms with E-state index in [2.05, 4.69) is 15.9 Å². The fourth-order valence-corrected chi connectivity index (χ4v) is 3.86. The maximum Gasteiger partial charge on any atom is 0.310 e. The lowest BCUT2D eigenvalue weighted by Gasteiger charge is -2.22. The van der Waals surface area contributed by atoms with Crippen LogP contribution in [0.3, 0.4) is 0 Å². The molecule has 0 bridgehead atoms. The molecule has 6 nitrogen and oxygen atoms in total. The lowest BCUT2D eigenvalue weighted by atomic mass is 10.1. The van der Waals surface area contributed by atoms with Crippen LogP contribution in [0.5, 0.6) is 11.5 Å². The Morgan fingerprint density at radius 2 is 1.82 bits per heavy atom. The van der Waals surface area contributed by atoms with E-state index >= 15 is 0 Å². The summed E-state index contributed by atoms with van der Waals surface area (Å²) >= 11 is 3.42. The molecule has 1 atom stereocenters. The molecule has 0 radical (unpaired) electrons. The zero-order valence-corrected chi connectivity index (χ0v) is 17.6. The van der Waals surface area contributed by atoms with Gasteiger partial charge in [-0.2, -0.15) is 0 Å². The number of halogens is 1. The zero-order valence-electron chi connectivity index (χ0n) is 16.0. The first-order valence-corrected chi connectivity index (χ1v) is 9.70. The molecule has 7 heteroatoms. The van der Waals surface area contributed by atoms with Crippen molar-refractivity contribution in [3.8, 4) is 11.5 Å². The van der Waals surface area contributed by atoms with E-state index in [1.807, 2.05) is 31.2 Å². The van der Waals surface area contributed by atoms with Gasteiger partial charge >= 0.3 is 5.97 Å². The van der Waals surface area contributed by atoms with E-state index < -0.39 is 5.97 Å². The molecule has 1 aliphatic heterocycles. The Kier molecular flexibility index (Phi) is 6.24. The molecule has 0 spiro atoms. The largest absolute Gasteiger partial charge is 0.493 e. The lowest BCUT2D eigenvalue weighted by molar-refractivity contribution is -0.147. The Hall–Kier alpha value is -2.54. The Morgan fingerprint density at radius 3 is 2.54 bits per heavy atom. The van der Waals surface area contributed by atoms with Gasteiger partial charge in [-0.05, 0) is 42.7 Å². The number of ether oxygens (including phenoxy) is 3. The van der Waals surface area contributed by atoms with E-state index in [1.54, 1.807) is 24.1 Å². The topological polar surface area (TPSA) is 65.1 Å². The quantitative estimate of drug-likeness (QED) is 0.633. The van der Waals surface area contributed by atoms with Gasteiger partial charge in [-0.1, -0.05) is 34.1 Å². The van der Waals surface area contributed by atoms with Gasteiger partial charge in [-0.15, -0.1) is 0 Å². The number of carbonyl (C=O) groups excluding carboxylic acids is 2. The van der Waals surface area contributed by atoms with Crippen molar-refractivity contribution in [3.05, 3.63) is 52.0 Å². The van der Waals surface area contributed by atoms with Crippen LogP contribution in [0.4, 0.5) is 5.69 Å². The standard InChI is InChI=1S/C21H22BrNO5/c1-13-8-14-6-4-5-7-17(14)23(13)20(24)12-28-21(25)10-15-9-18(26-2)19(27-3)11-16(15)22/h4-7,9,11,13H,8,10,12H2,1-3H3. The fraction of sp³-hybridized carbons (Fsp3) is 0.333. The summed E-state index contributed by atoms with van der Waals surface area (Å²) in [6.45, 7) is 1.70. The molecule has 1 unspecified atom stereocenters. The molecule has 3 rings (SSSR count). The zero-order chi connectivity index (χ0) is 20.3. The van der Waals surface area contributed by atoms with Crippen LogP contribution in [0, 0.1) is 0 Å². The molecule has 0 saturated heterocycles. The number of esters is 1. The molecule has 1 amide bonds. The van der Waals surface area contributed by atoms with Crippen LogP contribution in [0.1, 0.15) is 18.1 Å². The highest BCUT2D eigenvalue weighted by Gasteiger charge is 2.31. The number of benzene rings is 2. The number of amides is 1. The number of hydrogen-bond acceptors (Lipinski definition) is 5. The third-order valence-corrected chi connectivity index (χ3v) is 5.46. The van der Waals surface area contributed by atoms with Crippen molar-refractivity contribution in [2.24, 2.45) is 0 Å². The first kappa shape index (κ1) is 20.2. The van der Waals surface area contributed by atoms with Crippen molar-refractivity contribution in [3.63, 3.8) is 0 Å². The Labute approximate surface area is 172 Å². The molecule has 148 valence electrons. The average Bonchev–Trinajstić information content (AvgIpc) is 3.03. The van der Waals surface area contributed by atoms with E-state index in [1.165, 1.54) is 7.11 Å². The van der Waals surface area contributed by atoms with Gasteiger partial charge in [0.25, 0.3) is 5.91 Å². The highest BCUT2D eigenvalue weighted by Crippen LogP contribution is 2.34. The number of fused-ring (bicyclic) bond motifs is 1. The van der Waals surface area contributed by atoms with Crippen molar-refractivity contribution in [2.45, 2.75) is 25.8 Å². The van der Waals surface area contributed by atoms with Gasteiger partial charge in [0.05, 0.1) is 20.6 Å². The van der Waals surface area contributed by atoms with Crippen molar-refractivity contribution >= 4 is 33.5 Å². The number of methoxy groups -OCH3 is 2. The predicted molar refractivity (Wildman–Crippen MR) is 109 cm³/mol. The van der Waals surface area contributed by atoms with Gasteiger partial charge in [-0.3, -0.25) is 9.59 Å². The minimum absolute atomic E-state index is 0.0142. The fourth-order valence-electron chi connectivity index (χ4n) is 3.40. The first-order chi connectivity index (χ1) is 13.4. The molecule has 2 aromatic carbocycles. The molecule has 0 N–H and O–H groups in total. The van der Waals surface area contributed by atoms with Gasteiger partial charge in [-0.25, -0.2) is 0 Å². The summed E-state index contributed by atoms with van der Waals surface area (Å²) in [5.74, 6) is 0.369. The van der Waals surface area contributed by atoms with Gasteiger partial charge in [0, 0.05) is 16.2 Å². The van der Waals surface area contributed by atoms with E-state index in [-0.39, 0.29) is 25.0 Å². The van der Waals surface area contributed by atoms with Crippen molar-refractivity contribution in [1.82, 2.24) is 0 Å². The number of rotatable bonds is 6. The minimum Gasteiger partial charge on any atom is -0.493 e. The minimum atomic E-state index is -0.485. The number of carbonyl (C=O) groups is 2. The van der Waals surface area contributed by atoms with Gasteiger partial charge < -0.3 is 19.1 Å². The highest BCUT2D eigenvalue weighted by molar-refractivity contribution is 9.10. The molecule has 0 fully saturated rings. The average molecular weight is 448 g/mol. The summed E-state index contributed by atoms with van der Waals surface area (Å²) in [6.07, 6.45) is 0.814. The molecule has 0 saturated carbocycles. The van der Waals surface area contributed by atoms with Crippen LogP contribution < -0.4 is 14.4 Å². The summed E-state index contributed by atoms with van der Waals surface area (Å²) in [5, 5.41) is 0. The van der Waals surface area contributed by atoms with Crippen LogP contribution in [0.25, 0.3) is 0 Å². The summed E-state index contributed by atoms with van der Waals surface area (Å²) in [4.78, 5) is 26.6. The highest BCUT2D eigenvalue weighted by atomic mass is 79.9. The number of nitrogens with zero attached hydrogens (tertiary/aromatic N) is 1. The number of hydrogen-bond donors (Lipinski definition) is 0.